The molecule has 0 aromatic heterocycles. The van der Waals surface area contributed by atoms with Gasteiger partial charge in [-0.1, -0.05) is 43.1 Å². The molecule has 7 heteroatoms. The van der Waals surface area contributed by atoms with Gasteiger partial charge >= 0.3 is 0 Å². The molecule has 1 aliphatic heterocycles. The highest BCUT2D eigenvalue weighted by atomic mass is 35.5. The van der Waals surface area contributed by atoms with Crippen LogP contribution in [0.3, 0.4) is 0 Å². The van der Waals surface area contributed by atoms with E-state index in [1.54, 1.807) is 30.9 Å². The van der Waals surface area contributed by atoms with Crippen molar-refractivity contribution in [3.05, 3.63) is 33.8 Å². The molecule has 1 atom stereocenters. The normalized spacial score (nSPS) is 18.1. The molecule has 0 saturated carbocycles. The maximum atomic E-state index is 12.2. The van der Waals surface area contributed by atoms with Crippen molar-refractivity contribution in [2.45, 2.75) is 20.0 Å². The Bertz CT molecular complexity index is 593. The van der Waals surface area contributed by atoms with Crippen LogP contribution in [0.25, 0.3) is 0 Å². The number of carbonyl (C=O) groups is 2. The second-order valence-electron chi connectivity index (χ2n) is 5.75. The molecular formula is C16H20Cl2N2O3. The van der Waals surface area contributed by atoms with Crippen LogP contribution in [0.4, 0.5) is 0 Å². The van der Waals surface area contributed by atoms with Crippen molar-refractivity contribution in [3.63, 3.8) is 0 Å². The second kappa shape index (κ2) is 7.99. The zero-order chi connectivity index (χ0) is 17.0. The van der Waals surface area contributed by atoms with Crippen molar-refractivity contribution in [1.82, 2.24) is 10.2 Å². The number of carbonyl (C=O) groups excluding carboxylic acids is 2. The van der Waals surface area contributed by atoms with Crippen LogP contribution in [0.2, 0.25) is 10.0 Å². The largest absolute Gasteiger partial charge is 0.370 e. The minimum atomic E-state index is -0.247. The van der Waals surface area contributed by atoms with E-state index in [1.807, 2.05) is 6.07 Å². The van der Waals surface area contributed by atoms with Gasteiger partial charge in [0.05, 0.1) is 29.7 Å². The molecule has 1 aromatic rings. The van der Waals surface area contributed by atoms with E-state index in [2.05, 4.69) is 5.32 Å². The molecule has 1 saturated heterocycles. The van der Waals surface area contributed by atoms with Gasteiger partial charge in [0.2, 0.25) is 11.8 Å². The summed E-state index contributed by atoms with van der Waals surface area (Å²) in [6, 6.07) is 5.31. The summed E-state index contributed by atoms with van der Waals surface area (Å²) in [6.45, 7) is 4.95. The Labute approximate surface area is 145 Å². The average molecular weight is 359 g/mol. The van der Waals surface area contributed by atoms with E-state index in [4.69, 9.17) is 27.9 Å². The molecule has 1 fully saturated rings. The SMILES string of the molecule is CC(C)C(=O)NCC(=O)N1CCO[C@@H](c2ccc(Cl)c(Cl)c2)C1. The van der Waals surface area contributed by atoms with Crippen molar-refractivity contribution in [3.8, 4) is 0 Å². The van der Waals surface area contributed by atoms with Gasteiger partial charge in [-0.05, 0) is 17.7 Å². The summed E-state index contributed by atoms with van der Waals surface area (Å²) in [6.07, 6.45) is -0.247. The second-order valence-corrected chi connectivity index (χ2v) is 6.56. The lowest BCUT2D eigenvalue weighted by Gasteiger charge is -2.33. The number of benzene rings is 1. The molecule has 0 unspecified atom stereocenters. The van der Waals surface area contributed by atoms with Crippen molar-refractivity contribution in [1.29, 1.82) is 0 Å². The summed E-state index contributed by atoms with van der Waals surface area (Å²) in [5, 5.41) is 3.58. The van der Waals surface area contributed by atoms with E-state index < -0.39 is 0 Å². The monoisotopic (exact) mass is 358 g/mol. The summed E-state index contributed by atoms with van der Waals surface area (Å²) in [5.74, 6) is -0.392. The van der Waals surface area contributed by atoms with E-state index in [9.17, 15) is 9.59 Å². The fraction of sp³-hybridized carbons (Fsp3) is 0.500. The highest BCUT2D eigenvalue weighted by Crippen LogP contribution is 2.29. The molecule has 23 heavy (non-hydrogen) atoms. The molecule has 2 rings (SSSR count). The lowest BCUT2D eigenvalue weighted by Crippen LogP contribution is -2.47. The zero-order valence-electron chi connectivity index (χ0n) is 13.1. The first-order valence-corrected chi connectivity index (χ1v) is 8.26. The lowest BCUT2D eigenvalue weighted by atomic mass is 10.1. The third kappa shape index (κ3) is 4.83. The predicted octanol–water partition coefficient (Wildman–Crippen LogP) is 2.67. The van der Waals surface area contributed by atoms with Gasteiger partial charge in [0.15, 0.2) is 0 Å². The van der Waals surface area contributed by atoms with Crippen LogP contribution in [-0.4, -0.2) is 43.0 Å². The standard InChI is InChI=1S/C16H20Cl2N2O3/c1-10(2)16(22)19-8-15(21)20-5-6-23-14(9-20)11-3-4-12(17)13(18)7-11/h3-4,7,10,14H,5-6,8-9H2,1-2H3,(H,19,22)/t14-/m1/s1. The molecule has 1 aliphatic rings. The molecule has 1 aromatic carbocycles. The summed E-state index contributed by atoms with van der Waals surface area (Å²) in [5.41, 5.74) is 0.878. The Morgan fingerprint density at radius 2 is 2.09 bits per heavy atom. The lowest BCUT2D eigenvalue weighted by molar-refractivity contribution is -0.139. The molecule has 2 amide bonds. The number of hydrogen-bond donors (Lipinski definition) is 1. The Morgan fingerprint density at radius 3 is 2.74 bits per heavy atom. The predicted molar refractivity (Wildman–Crippen MR) is 89.6 cm³/mol. The maximum Gasteiger partial charge on any atom is 0.242 e. The Balaban J connectivity index is 1.96. The van der Waals surface area contributed by atoms with E-state index in [0.29, 0.717) is 29.7 Å². The Hall–Kier alpha value is -1.30. The molecule has 5 nitrogen and oxygen atoms in total. The number of amides is 2. The first kappa shape index (κ1) is 18.0. The maximum absolute atomic E-state index is 12.2. The van der Waals surface area contributed by atoms with E-state index in [0.717, 1.165) is 5.56 Å². The highest BCUT2D eigenvalue weighted by molar-refractivity contribution is 6.42. The number of ether oxygens (including phenoxy) is 1. The van der Waals surface area contributed by atoms with Crippen LogP contribution in [0, 0.1) is 5.92 Å². The van der Waals surface area contributed by atoms with Crippen LogP contribution in [0.15, 0.2) is 18.2 Å². The van der Waals surface area contributed by atoms with Gasteiger partial charge in [-0.25, -0.2) is 0 Å². The Morgan fingerprint density at radius 1 is 1.35 bits per heavy atom. The van der Waals surface area contributed by atoms with Crippen molar-refractivity contribution in [2.24, 2.45) is 5.92 Å². The minimum Gasteiger partial charge on any atom is -0.370 e. The quantitative estimate of drug-likeness (QED) is 0.899. The number of rotatable bonds is 4. The van der Waals surface area contributed by atoms with Gasteiger partial charge in [0.25, 0.3) is 0 Å². The number of nitrogens with zero attached hydrogens (tertiary/aromatic N) is 1. The van der Waals surface area contributed by atoms with E-state index in [-0.39, 0.29) is 30.4 Å². The third-order valence-corrected chi connectivity index (χ3v) is 4.41. The average Bonchev–Trinajstić information content (AvgIpc) is 2.54. The summed E-state index contributed by atoms with van der Waals surface area (Å²) in [7, 11) is 0. The zero-order valence-corrected chi connectivity index (χ0v) is 14.7. The van der Waals surface area contributed by atoms with Crippen LogP contribution >= 0.6 is 23.2 Å². The van der Waals surface area contributed by atoms with Crippen LogP contribution in [-0.2, 0) is 14.3 Å². The first-order chi connectivity index (χ1) is 10.9. The molecular weight excluding hydrogens is 339 g/mol. The molecule has 0 radical (unpaired) electrons. The molecule has 0 spiro atoms. The molecule has 126 valence electrons. The number of halogens is 2. The van der Waals surface area contributed by atoms with E-state index in [1.165, 1.54) is 0 Å². The van der Waals surface area contributed by atoms with Gasteiger partial charge in [0, 0.05) is 12.5 Å². The van der Waals surface area contributed by atoms with Gasteiger partial charge in [-0.15, -0.1) is 0 Å². The number of nitrogens with one attached hydrogen (secondary N) is 1. The molecule has 0 aliphatic carbocycles. The van der Waals surface area contributed by atoms with Crippen LogP contribution in [0.1, 0.15) is 25.5 Å². The fourth-order valence-corrected chi connectivity index (χ4v) is 2.58. The summed E-state index contributed by atoms with van der Waals surface area (Å²) >= 11 is 11.9. The van der Waals surface area contributed by atoms with Gasteiger partial charge < -0.3 is 15.0 Å². The number of morpholine rings is 1. The van der Waals surface area contributed by atoms with Crippen molar-refractivity contribution >= 4 is 35.0 Å². The fourth-order valence-electron chi connectivity index (χ4n) is 2.27. The minimum absolute atomic E-state index is 0.00507. The van der Waals surface area contributed by atoms with Gasteiger partial charge in [-0.2, -0.15) is 0 Å². The van der Waals surface area contributed by atoms with Crippen molar-refractivity contribution < 1.29 is 14.3 Å². The van der Waals surface area contributed by atoms with Crippen molar-refractivity contribution in [2.75, 3.05) is 26.2 Å². The summed E-state index contributed by atoms with van der Waals surface area (Å²) in [4.78, 5) is 25.5. The first-order valence-electron chi connectivity index (χ1n) is 7.50. The van der Waals surface area contributed by atoms with E-state index >= 15 is 0 Å². The smallest absolute Gasteiger partial charge is 0.242 e. The van der Waals surface area contributed by atoms with Crippen LogP contribution < -0.4 is 5.32 Å². The number of hydrogen-bond acceptors (Lipinski definition) is 3. The van der Waals surface area contributed by atoms with Crippen LogP contribution in [0.5, 0.6) is 0 Å². The molecule has 0 bridgehead atoms. The third-order valence-electron chi connectivity index (χ3n) is 3.67. The highest BCUT2D eigenvalue weighted by Gasteiger charge is 2.26. The molecule has 1 heterocycles. The van der Waals surface area contributed by atoms with Gasteiger partial charge in [-0.3, -0.25) is 9.59 Å². The topological polar surface area (TPSA) is 58.6 Å². The Kier molecular flexibility index (Phi) is 6.27. The van der Waals surface area contributed by atoms with Gasteiger partial charge in [0.1, 0.15) is 6.10 Å². The summed E-state index contributed by atoms with van der Waals surface area (Å²) < 4.78 is 5.72. The molecule has 1 N–H and O–H groups in total.